The van der Waals surface area contributed by atoms with Gasteiger partial charge in [-0.3, -0.25) is 28.2 Å². The van der Waals surface area contributed by atoms with Crippen LogP contribution in [0.5, 0.6) is 0 Å². The summed E-state index contributed by atoms with van der Waals surface area (Å²) in [7, 11) is 0. The van der Waals surface area contributed by atoms with Crippen LogP contribution in [0.15, 0.2) is 71.8 Å². The lowest BCUT2D eigenvalue weighted by Crippen LogP contribution is -2.97. The molecule has 0 radical (unpaired) electrons. The monoisotopic (exact) mass is 791 g/mol. The average molecular weight is 792 g/mol. The minimum absolute atomic E-state index is 0.130. The van der Waals surface area contributed by atoms with Crippen molar-refractivity contribution in [2.24, 2.45) is 21.7 Å². The molecule has 4 aliphatic carbocycles. The predicted molar refractivity (Wildman–Crippen MR) is 197 cm³/mol. The third kappa shape index (κ3) is 5.06. The summed E-state index contributed by atoms with van der Waals surface area (Å²) < 4.78 is 35.5. The zero-order chi connectivity index (χ0) is 40.4. The van der Waals surface area contributed by atoms with Crippen LogP contribution in [0.4, 0.5) is 0 Å². The maximum Gasteiger partial charge on any atom is 0.339 e. The van der Waals surface area contributed by atoms with E-state index in [1.165, 1.54) is 0 Å². The van der Waals surface area contributed by atoms with Gasteiger partial charge in [0.15, 0.2) is 18.0 Å². The second-order valence-corrected chi connectivity index (χ2v) is 16.4. The van der Waals surface area contributed by atoms with Crippen molar-refractivity contribution in [2.75, 3.05) is 12.9 Å². The van der Waals surface area contributed by atoms with Gasteiger partial charge in [-0.25, -0.2) is 4.79 Å². The molecular formula is C41H45NO13S. The fraction of sp³-hybridized carbons (Fsp3) is 0.512. The van der Waals surface area contributed by atoms with E-state index in [-0.39, 0.29) is 38.0 Å². The lowest BCUT2D eigenvalue weighted by atomic mass is 9.18. The highest BCUT2D eigenvalue weighted by Crippen LogP contribution is 2.87. The molecule has 0 bridgehead atoms. The molecule has 1 amide bonds. The maximum atomic E-state index is 15.2. The highest BCUT2D eigenvalue weighted by atomic mass is 32.2. The van der Waals surface area contributed by atoms with E-state index in [1.54, 1.807) is 87.7 Å². The molecule has 15 heteroatoms. The first-order valence-corrected chi connectivity index (χ1v) is 19.5. The molecule has 1 aliphatic heterocycles. The van der Waals surface area contributed by atoms with E-state index in [1.807, 2.05) is 6.92 Å². The number of aliphatic hydroxyl groups is 1. The number of benzene rings is 2. The first-order valence-electron chi connectivity index (χ1n) is 18.4. The van der Waals surface area contributed by atoms with E-state index in [0.717, 1.165) is 19.0 Å². The zero-order valence-corrected chi connectivity index (χ0v) is 32.7. The summed E-state index contributed by atoms with van der Waals surface area (Å²) in [6.07, 6.45) is -5.91. The van der Waals surface area contributed by atoms with E-state index in [2.05, 4.69) is 5.32 Å². The fourth-order valence-corrected chi connectivity index (χ4v) is 11.9. The molecule has 5 aliphatic rings. The van der Waals surface area contributed by atoms with E-state index < -0.39 is 93.6 Å². The van der Waals surface area contributed by atoms with E-state index in [9.17, 15) is 29.1 Å². The molecule has 1 heterocycles. The number of hydrogen-bond acceptors (Lipinski definition) is 14. The maximum absolute atomic E-state index is 15.2. The van der Waals surface area contributed by atoms with Crippen LogP contribution >= 0.6 is 12.0 Å². The van der Waals surface area contributed by atoms with Crippen LogP contribution < -0.4 is 5.32 Å². The van der Waals surface area contributed by atoms with Gasteiger partial charge in [-0.05, 0) is 54.7 Å². The molecular weight excluding hydrogens is 747 g/mol. The third-order valence-corrected chi connectivity index (χ3v) is 14.1. The Hall–Kier alpha value is -4.57. The molecule has 2 N–H and O–H groups in total. The van der Waals surface area contributed by atoms with Gasteiger partial charge in [0, 0.05) is 47.8 Å². The Morgan fingerprint density at radius 3 is 2.20 bits per heavy atom. The number of hydrogen-bond donors (Lipinski definition) is 2. The molecule has 298 valence electrons. The summed E-state index contributed by atoms with van der Waals surface area (Å²) in [5.74, 6) is -2.80. The van der Waals surface area contributed by atoms with Crippen LogP contribution in [0.25, 0.3) is 0 Å². The smallest absolute Gasteiger partial charge is 0.339 e. The normalized spacial score (nSPS) is 37.4. The van der Waals surface area contributed by atoms with Crippen molar-refractivity contribution < 1.29 is 61.7 Å². The molecule has 2 aromatic carbocycles. The number of rotatable bonds is 13. The molecule has 56 heavy (non-hydrogen) atoms. The second kappa shape index (κ2) is 14.1. The summed E-state index contributed by atoms with van der Waals surface area (Å²) in [6.45, 7) is 8.62. The van der Waals surface area contributed by atoms with Gasteiger partial charge in [0.05, 0.1) is 24.2 Å². The SMILES string of the molecule is CSO[C@@H](C(=O)O[C@H]1CC2(O)[C@@H](OC=O)C34C(C)(C(=O)C(OC(C)=O)C(=C1C)[C@@]23C)C(OC=O)CC1OC[C@]14C)C(NC(=O)c1ccccc1)c1ccccc1. The number of amides is 1. The summed E-state index contributed by atoms with van der Waals surface area (Å²) in [4.78, 5) is 80.4. The Morgan fingerprint density at radius 2 is 1.62 bits per heavy atom. The second-order valence-electron chi connectivity index (χ2n) is 15.8. The summed E-state index contributed by atoms with van der Waals surface area (Å²) >= 11 is 0.885. The quantitative estimate of drug-likeness (QED) is 0.0984. The van der Waals surface area contributed by atoms with Gasteiger partial charge in [0.2, 0.25) is 0 Å². The number of ketones is 1. The summed E-state index contributed by atoms with van der Waals surface area (Å²) in [5, 5.41) is 16.0. The van der Waals surface area contributed by atoms with E-state index in [4.69, 9.17) is 27.9 Å². The number of nitrogens with one attached hydrogen (secondary N) is 1. The van der Waals surface area contributed by atoms with Crippen LogP contribution in [-0.4, -0.2) is 96.8 Å². The highest BCUT2D eigenvalue weighted by molar-refractivity contribution is 7.93. The van der Waals surface area contributed by atoms with Crippen molar-refractivity contribution in [1.82, 2.24) is 5.32 Å². The van der Waals surface area contributed by atoms with Crippen LogP contribution in [-0.2, 0) is 51.8 Å². The van der Waals surface area contributed by atoms with Gasteiger partial charge in [-0.2, -0.15) is 0 Å². The van der Waals surface area contributed by atoms with Crippen LogP contribution in [0.1, 0.15) is 69.4 Å². The van der Waals surface area contributed by atoms with Crippen LogP contribution in [0.2, 0.25) is 0 Å². The molecule has 7 rings (SSSR count). The van der Waals surface area contributed by atoms with Gasteiger partial charge in [0.1, 0.15) is 23.9 Å². The minimum atomic E-state index is -2.02. The van der Waals surface area contributed by atoms with Gasteiger partial charge in [-0.15, -0.1) is 0 Å². The first-order chi connectivity index (χ1) is 26.6. The number of esters is 2. The van der Waals surface area contributed by atoms with Gasteiger partial charge in [0.25, 0.3) is 18.9 Å². The zero-order valence-electron chi connectivity index (χ0n) is 31.8. The Morgan fingerprint density at radius 1 is 0.982 bits per heavy atom. The van der Waals surface area contributed by atoms with Crippen molar-refractivity contribution in [1.29, 1.82) is 0 Å². The van der Waals surface area contributed by atoms with Crippen LogP contribution in [0.3, 0.4) is 0 Å². The minimum Gasteiger partial charge on any atom is -0.463 e. The molecule has 1 spiro atoms. The average Bonchev–Trinajstić information content (AvgIpc) is 3.17. The Balaban J connectivity index is 1.35. The number of carbonyl (C=O) groups is 6. The van der Waals surface area contributed by atoms with Gasteiger partial charge < -0.3 is 34.1 Å². The number of carbonyl (C=O) groups excluding carboxylic acids is 6. The Labute approximate surface area is 328 Å². The van der Waals surface area contributed by atoms with Gasteiger partial charge >= 0.3 is 11.9 Å². The summed E-state index contributed by atoms with van der Waals surface area (Å²) in [6, 6.07) is 16.2. The number of ether oxygens (including phenoxy) is 5. The standard InChI is InChI=1S/C41H45NO13S/c1-22-26(54-35(48)32(55-56-6)30(24-13-9-7-10-14-24)42-34(47)25-15-11-8-12-16-25)18-40(49)36(52-21-44)41-37(3)19-50-27(37)17-28(51-20-43)38(41,4)33(46)31(53-23(2)45)29(22)39(40,41)5/h7-16,20-21,26-28,30-32,36,49H,17-19H2,1-6H3,(H,42,47)/t26-,27?,28?,30?,31?,32+,36+,37+,38?,39-,40?,41?/m0/s1. The lowest BCUT2D eigenvalue weighted by Gasteiger charge is -2.87. The van der Waals surface area contributed by atoms with Crippen molar-refractivity contribution in [2.45, 2.75) is 95.7 Å². The first kappa shape index (κ1) is 39.7. The molecule has 2 aromatic rings. The highest BCUT2D eigenvalue weighted by Gasteiger charge is 2.97. The molecule has 7 unspecified atom stereocenters. The molecule has 4 fully saturated rings. The molecule has 12 atom stereocenters. The largest absolute Gasteiger partial charge is 0.463 e. The Kier molecular flexibility index (Phi) is 10.00. The Bertz CT molecular complexity index is 1980. The fourth-order valence-electron chi connectivity index (χ4n) is 11.5. The third-order valence-electron chi connectivity index (χ3n) is 13.7. The van der Waals surface area contributed by atoms with Crippen molar-refractivity contribution in [3.05, 3.63) is 82.9 Å². The molecule has 14 nitrogen and oxygen atoms in total. The van der Waals surface area contributed by atoms with Crippen molar-refractivity contribution in [3.63, 3.8) is 0 Å². The number of fused-ring (bicyclic) bond motifs is 1. The van der Waals surface area contributed by atoms with Crippen LogP contribution in [0, 0.1) is 21.7 Å². The van der Waals surface area contributed by atoms with Crippen molar-refractivity contribution >= 4 is 48.6 Å². The molecule has 1 saturated heterocycles. The van der Waals surface area contributed by atoms with E-state index in [0.29, 0.717) is 16.7 Å². The number of Topliss-reactive ketones (excluding diaryl/α,β-unsaturated/α-hetero) is 1. The predicted octanol–water partition coefficient (Wildman–Crippen LogP) is 3.60. The molecule has 3 saturated carbocycles. The van der Waals surface area contributed by atoms with Gasteiger partial charge in [-0.1, -0.05) is 62.4 Å². The molecule has 0 aromatic heterocycles. The lowest BCUT2D eigenvalue weighted by molar-refractivity contribution is -0.458. The van der Waals surface area contributed by atoms with Crippen molar-refractivity contribution in [3.8, 4) is 0 Å². The summed E-state index contributed by atoms with van der Waals surface area (Å²) in [5.41, 5.74) is -6.12. The topological polar surface area (TPSA) is 190 Å². The van der Waals surface area contributed by atoms with E-state index >= 15 is 4.79 Å².